The summed E-state index contributed by atoms with van der Waals surface area (Å²) in [5.41, 5.74) is -0.418. The Hall–Kier alpha value is -0.770. The number of carbonyl (C=O) groups is 1. The number of nitrogens with one attached hydrogen (secondary N) is 2. The molecule has 4 heteroatoms. The second-order valence-corrected chi connectivity index (χ2v) is 5.67. The van der Waals surface area contributed by atoms with Crippen molar-refractivity contribution < 1.29 is 9.53 Å². The van der Waals surface area contributed by atoms with Crippen molar-refractivity contribution in [2.45, 2.75) is 52.2 Å². The van der Waals surface area contributed by atoms with Crippen LogP contribution in [-0.4, -0.2) is 30.8 Å². The first-order valence-corrected chi connectivity index (χ1v) is 6.07. The standard InChI is InChI=1S/C12H24N2O2/c1-9-5-6-10(13-7-9)8-14-11(15)16-12(2,3)4/h9-10,13H,5-8H2,1-4H3,(H,14,15)/t9-,10+/m1/s1. The molecular weight excluding hydrogens is 204 g/mol. The first kappa shape index (κ1) is 13.3. The minimum absolute atomic E-state index is 0.326. The van der Waals surface area contributed by atoms with E-state index in [0.717, 1.165) is 18.9 Å². The molecule has 1 rings (SSSR count). The summed E-state index contributed by atoms with van der Waals surface area (Å²) in [6.45, 7) is 9.54. The van der Waals surface area contributed by atoms with Crippen LogP contribution in [0.2, 0.25) is 0 Å². The van der Waals surface area contributed by atoms with Crippen molar-refractivity contribution >= 4 is 6.09 Å². The van der Waals surface area contributed by atoms with Gasteiger partial charge in [0.2, 0.25) is 0 Å². The van der Waals surface area contributed by atoms with E-state index in [0.29, 0.717) is 12.6 Å². The highest BCUT2D eigenvalue weighted by Crippen LogP contribution is 2.13. The summed E-state index contributed by atoms with van der Waals surface area (Å²) in [5.74, 6) is 0.748. The van der Waals surface area contributed by atoms with Gasteiger partial charge in [-0.05, 0) is 46.1 Å². The average Bonchev–Trinajstić information content (AvgIpc) is 2.14. The van der Waals surface area contributed by atoms with Crippen molar-refractivity contribution in [3.8, 4) is 0 Å². The quantitative estimate of drug-likeness (QED) is 0.759. The molecule has 4 nitrogen and oxygen atoms in total. The molecule has 0 saturated carbocycles. The molecule has 0 spiro atoms. The molecule has 0 aromatic carbocycles. The topological polar surface area (TPSA) is 50.4 Å². The molecule has 0 bridgehead atoms. The number of alkyl carbamates (subject to hydrolysis) is 1. The third kappa shape index (κ3) is 5.35. The van der Waals surface area contributed by atoms with E-state index in [1.807, 2.05) is 20.8 Å². The number of amides is 1. The zero-order valence-electron chi connectivity index (χ0n) is 10.8. The third-order valence-electron chi connectivity index (χ3n) is 2.65. The summed E-state index contributed by atoms with van der Waals surface area (Å²) in [7, 11) is 0. The van der Waals surface area contributed by atoms with Crippen LogP contribution in [0.5, 0.6) is 0 Å². The van der Waals surface area contributed by atoms with Crippen molar-refractivity contribution in [1.82, 2.24) is 10.6 Å². The summed E-state index contributed by atoms with van der Waals surface area (Å²) in [6, 6.07) is 0.392. The van der Waals surface area contributed by atoms with E-state index < -0.39 is 5.60 Å². The van der Waals surface area contributed by atoms with Gasteiger partial charge in [-0.1, -0.05) is 6.92 Å². The maximum absolute atomic E-state index is 11.4. The SMILES string of the molecule is C[C@@H]1CC[C@@H](CNC(=O)OC(C)(C)C)NC1. The lowest BCUT2D eigenvalue weighted by Gasteiger charge is -2.28. The molecule has 0 aliphatic carbocycles. The summed E-state index contributed by atoms with van der Waals surface area (Å²) in [5, 5.41) is 6.22. The average molecular weight is 228 g/mol. The molecule has 16 heavy (non-hydrogen) atoms. The second-order valence-electron chi connectivity index (χ2n) is 5.67. The van der Waals surface area contributed by atoms with Crippen molar-refractivity contribution in [3.05, 3.63) is 0 Å². The van der Waals surface area contributed by atoms with E-state index in [9.17, 15) is 4.79 Å². The molecule has 1 saturated heterocycles. The Balaban J connectivity index is 2.17. The monoisotopic (exact) mass is 228 g/mol. The Bertz CT molecular complexity index is 228. The Morgan fingerprint density at radius 1 is 1.44 bits per heavy atom. The molecular formula is C12H24N2O2. The fourth-order valence-electron chi connectivity index (χ4n) is 1.75. The molecule has 1 fully saturated rings. The molecule has 1 aliphatic rings. The minimum atomic E-state index is -0.418. The summed E-state index contributed by atoms with van der Waals surface area (Å²) >= 11 is 0. The maximum atomic E-state index is 11.4. The van der Waals surface area contributed by atoms with Crippen LogP contribution < -0.4 is 10.6 Å². The summed E-state index contributed by atoms with van der Waals surface area (Å²) in [4.78, 5) is 11.4. The molecule has 2 N–H and O–H groups in total. The van der Waals surface area contributed by atoms with Crippen LogP contribution in [-0.2, 0) is 4.74 Å². The first-order chi connectivity index (χ1) is 7.37. The van der Waals surface area contributed by atoms with Crippen LogP contribution in [0.1, 0.15) is 40.5 Å². The van der Waals surface area contributed by atoms with Gasteiger partial charge in [-0.2, -0.15) is 0 Å². The van der Waals surface area contributed by atoms with Crippen LogP contribution in [0.15, 0.2) is 0 Å². The number of ether oxygens (including phenoxy) is 1. The zero-order chi connectivity index (χ0) is 12.2. The van der Waals surface area contributed by atoms with E-state index in [-0.39, 0.29) is 6.09 Å². The van der Waals surface area contributed by atoms with Gasteiger partial charge < -0.3 is 15.4 Å². The lowest BCUT2D eigenvalue weighted by atomic mass is 9.96. The molecule has 1 amide bonds. The van der Waals surface area contributed by atoms with Crippen molar-refractivity contribution in [3.63, 3.8) is 0 Å². The highest BCUT2D eigenvalue weighted by Gasteiger charge is 2.20. The fourth-order valence-corrected chi connectivity index (χ4v) is 1.75. The zero-order valence-corrected chi connectivity index (χ0v) is 10.8. The molecule has 0 unspecified atom stereocenters. The first-order valence-electron chi connectivity index (χ1n) is 6.07. The Morgan fingerprint density at radius 2 is 2.12 bits per heavy atom. The molecule has 2 atom stereocenters. The van der Waals surface area contributed by atoms with E-state index in [4.69, 9.17) is 4.74 Å². The van der Waals surface area contributed by atoms with Crippen molar-refractivity contribution in [2.24, 2.45) is 5.92 Å². The number of carbonyl (C=O) groups excluding carboxylic acids is 1. The predicted octanol–water partition coefficient (Wildman–Crippen LogP) is 1.90. The number of rotatable bonds is 2. The third-order valence-corrected chi connectivity index (χ3v) is 2.65. The van der Waals surface area contributed by atoms with Gasteiger partial charge in [0.1, 0.15) is 5.60 Å². The number of hydrogen-bond donors (Lipinski definition) is 2. The molecule has 94 valence electrons. The fraction of sp³-hybridized carbons (Fsp3) is 0.917. The van der Waals surface area contributed by atoms with E-state index in [1.54, 1.807) is 0 Å². The van der Waals surface area contributed by atoms with Crippen molar-refractivity contribution in [2.75, 3.05) is 13.1 Å². The van der Waals surface area contributed by atoms with Crippen LogP contribution in [0.4, 0.5) is 4.79 Å². The van der Waals surface area contributed by atoms with Crippen LogP contribution >= 0.6 is 0 Å². The maximum Gasteiger partial charge on any atom is 0.407 e. The van der Waals surface area contributed by atoms with Gasteiger partial charge in [0.05, 0.1) is 0 Å². The van der Waals surface area contributed by atoms with Crippen LogP contribution in [0.25, 0.3) is 0 Å². The predicted molar refractivity (Wildman–Crippen MR) is 64.4 cm³/mol. The normalized spacial score (nSPS) is 26.2. The van der Waals surface area contributed by atoms with Gasteiger partial charge in [-0.3, -0.25) is 0 Å². The Morgan fingerprint density at radius 3 is 2.62 bits per heavy atom. The van der Waals surface area contributed by atoms with Crippen LogP contribution in [0.3, 0.4) is 0 Å². The molecule has 1 heterocycles. The van der Waals surface area contributed by atoms with E-state index in [1.165, 1.54) is 6.42 Å². The highest BCUT2D eigenvalue weighted by molar-refractivity contribution is 5.67. The number of hydrogen-bond acceptors (Lipinski definition) is 3. The van der Waals surface area contributed by atoms with Gasteiger partial charge in [0.25, 0.3) is 0 Å². The van der Waals surface area contributed by atoms with Gasteiger partial charge in [0.15, 0.2) is 0 Å². The Labute approximate surface area is 98.1 Å². The van der Waals surface area contributed by atoms with E-state index >= 15 is 0 Å². The number of piperidine rings is 1. The smallest absolute Gasteiger partial charge is 0.407 e. The largest absolute Gasteiger partial charge is 0.444 e. The molecule has 0 aromatic rings. The second kappa shape index (κ2) is 5.53. The van der Waals surface area contributed by atoms with Crippen molar-refractivity contribution in [1.29, 1.82) is 0 Å². The summed E-state index contributed by atoms with van der Waals surface area (Å²) < 4.78 is 5.17. The lowest BCUT2D eigenvalue weighted by molar-refractivity contribution is 0.0519. The Kier molecular flexibility index (Phi) is 4.59. The van der Waals surface area contributed by atoms with Gasteiger partial charge in [-0.15, -0.1) is 0 Å². The van der Waals surface area contributed by atoms with E-state index in [2.05, 4.69) is 17.6 Å². The van der Waals surface area contributed by atoms with Gasteiger partial charge in [0, 0.05) is 12.6 Å². The summed E-state index contributed by atoms with van der Waals surface area (Å²) in [6.07, 6.45) is 2.03. The highest BCUT2D eigenvalue weighted by atomic mass is 16.6. The molecule has 0 radical (unpaired) electrons. The van der Waals surface area contributed by atoms with Gasteiger partial charge in [-0.25, -0.2) is 4.79 Å². The van der Waals surface area contributed by atoms with Crippen LogP contribution in [0, 0.1) is 5.92 Å². The van der Waals surface area contributed by atoms with Gasteiger partial charge >= 0.3 is 6.09 Å². The minimum Gasteiger partial charge on any atom is -0.444 e. The lowest BCUT2D eigenvalue weighted by Crippen LogP contribution is -2.46. The molecule has 0 aromatic heterocycles. The molecule has 1 aliphatic heterocycles.